The van der Waals surface area contributed by atoms with E-state index in [1.807, 2.05) is 19.2 Å². The van der Waals surface area contributed by atoms with Crippen LogP contribution >= 0.6 is 0 Å². The molecule has 1 heterocycles. The van der Waals surface area contributed by atoms with Gasteiger partial charge in [-0.25, -0.2) is 0 Å². The molecule has 0 spiro atoms. The van der Waals surface area contributed by atoms with E-state index in [9.17, 15) is 0 Å². The van der Waals surface area contributed by atoms with Crippen molar-refractivity contribution in [1.29, 1.82) is 0 Å². The molecule has 1 unspecified atom stereocenters. The SMILES string of the molecule is CN=C(NCC1CN(C)CCN1C)N(C)CCc1ccc(OC)c(OC)c1. The zero-order valence-corrected chi connectivity index (χ0v) is 17.7. The Morgan fingerprint density at radius 1 is 1.22 bits per heavy atom. The predicted octanol–water partition coefficient (Wildman–Crippen LogP) is 0.999. The summed E-state index contributed by atoms with van der Waals surface area (Å²) in [6, 6.07) is 6.57. The average molecular weight is 378 g/mol. The van der Waals surface area contributed by atoms with Crippen LogP contribution in [0.1, 0.15) is 5.56 Å². The van der Waals surface area contributed by atoms with E-state index in [4.69, 9.17) is 9.47 Å². The molecule has 0 aliphatic carbocycles. The molecule has 1 aliphatic rings. The minimum absolute atomic E-state index is 0.500. The average Bonchev–Trinajstić information content (AvgIpc) is 2.68. The number of rotatable bonds is 7. The Labute approximate surface area is 163 Å². The topological polar surface area (TPSA) is 52.6 Å². The van der Waals surface area contributed by atoms with Crippen molar-refractivity contribution in [1.82, 2.24) is 20.0 Å². The van der Waals surface area contributed by atoms with E-state index in [0.717, 1.165) is 56.6 Å². The van der Waals surface area contributed by atoms with Crippen LogP contribution in [-0.4, -0.2) is 102 Å². The maximum atomic E-state index is 5.39. The highest BCUT2D eigenvalue weighted by molar-refractivity contribution is 5.79. The van der Waals surface area contributed by atoms with Crippen LogP contribution in [0.2, 0.25) is 0 Å². The molecule has 152 valence electrons. The van der Waals surface area contributed by atoms with Gasteiger partial charge in [0.1, 0.15) is 0 Å². The number of nitrogens with zero attached hydrogens (tertiary/aromatic N) is 4. The zero-order chi connectivity index (χ0) is 19.8. The Kier molecular flexibility index (Phi) is 8.19. The van der Waals surface area contributed by atoms with E-state index in [0.29, 0.717) is 6.04 Å². The van der Waals surface area contributed by atoms with Crippen molar-refractivity contribution < 1.29 is 9.47 Å². The zero-order valence-electron chi connectivity index (χ0n) is 17.7. The van der Waals surface area contributed by atoms with Gasteiger partial charge in [0.25, 0.3) is 0 Å². The number of guanidine groups is 1. The van der Waals surface area contributed by atoms with Crippen molar-refractivity contribution in [3.63, 3.8) is 0 Å². The van der Waals surface area contributed by atoms with Gasteiger partial charge in [-0.1, -0.05) is 6.07 Å². The molecule has 1 saturated heterocycles. The molecule has 0 bridgehead atoms. The molecule has 1 aliphatic heterocycles. The van der Waals surface area contributed by atoms with E-state index >= 15 is 0 Å². The Balaban J connectivity index is 1.87. The van der Waals surface area contributed by atoms with Crippen LogP contribution < -0.4 is 14.8 Å². The maximum Gasteiger partial charge on any atom is 0.193 e. The number of piperazine rings is 1. The number of nitrogens with one attached hydrogen (secondary N) is 1. The lowest BCUT2D eigenvalue weighted by Gasteiger charge is -2.38. The predicted molar refractivity (Wildman–Crippen MR) is 111 cm³/mol. The Hall–Kier alpha value is -1.99. The summed E-state index contributed by atoms with van der Waals surface area (Å²) in [4.78, 5) is 11.4. The number of hydrogen-bond acceptors (Lipinski definition) is 5. The molecule has 2 rings (SSSR count). The molecule has 0 amide bonds. The van der Waals surface area contributed by atoms with E-state index in [1.165, 1.54) is 5.56 Å². The molecule has 1 aromatic carbocycles. The first kappa shape index (κ1) is 21.3. The first-order valence-electron chi connectivity index (χ1n) is 9.50. The first-order valence-corrected chi connectivity index (χ1v) is 9.50. The van der Waals surface area contributed by atoms with Crippen LogP contribution in [0.4, 0.5) is 0 Å². The minimum atomic E-state index is 0.500. The second-order valence-electron chi connectivity index (χ2n) is 7.19. The lowest BCUT2D eigenvalue weighted by molar-refractivity contribution is 0.116. The van der Waals surface area contributed by atoms with Crippen LogP contribution in [0.3, 0.4) is 0 Å². The van der Waals surface area contributed by atoms with Crippen LogP contribution in [0.25, 0.3) is 0 Å². The molecule has 0 radical (unpaired) electrons. The highest BCUT2D eigenvalue weighted by Gasteiger charge is 2.22. The number of benzene rings is 1. The fraction of sp³-hybridized carbons (Fsp3) is 0.650. The van der Waals surface area contributed by atoms with Gasteiger partial charge in [0.15, 0.2) is 17.5 Å². The van der Waals surface area contributed by atoms with Gasteiger partial charge in [-0.3, -0.25) is 9.89 Å². The number of hydrogen-bond donors (Lipinski definition) is 1. The summed E-state index contributed by atoms with van der Waals surface area (Å²) in [6.45, 7) is 5.09. The standard InChI is InChI=1S/C20H35N5O2/c1-21-20(22-14-17-15-23(2)11-12-24(17)3)25(4)10-9-16-7-8-18(26-5)19(13-16)27-6/h7-8,13,17H,9-12,14-15H2,1-6H3,(H,21,22). The third-order valence-electron chi connectivity index (χ3n) is 5.23. The monoisotopic (exact) mass is 377 g/mol. The van der Waals surface area contributed by atoms with Crippen LogP contribution in [-0.2, 0) is 6.42 Å². The van der Waals surface area contributed by atoms with Crippen molar-refractivity contribution in [3.05, 3.63) is 23.8 Å². The summed E-state index contributed by atoms with van der Waals surface area (Å²) in [5, 5.41) is 3.53. The molecule has 27 heavy (non-hydrogen) atoms. The fourth-order valence-corrected chi connectivity index (χ4v) is 3.35. The number of aliphatic imine (C=N–C) groups is 1. The summed E-state index contributed by atoms with van der Waals surface area (Å²) in [6.07, 6.45) is 0.906. The van der Waals surface area contributed by atoms with Gasteiger partial charge in [0, 0.05) is 52.9 Å². The molecule has 7 heteroatoms. The molecular formula is C20H35N5O2. The van der Waals surface area contributed by atoms with Crippen LogP contribution in [0.5, 0.6) is 11.5 Å². The van der Waals surface area contributed by atoms with Gasteiger partial charge in [0.05, 0.1) is 14.2 Å². The van der Waals surface area contributed by atoms with Crippen molar-refractivity contribution in [3.8, 4) is 11.5 Å². The Bertz CT molecular complexity index is 622. The second kappa shape index (κ2) is 10.4. The van der Waals surface area contributed by atoms with E-state index in [-0.39, 0.29) is 0 Å². The molecule has 1 atom stereocenters. The summed E-state index contributed by atoms with van der Waals surface area (Å²) in [7, 11) is 11.6. The van der Waals surface area contributed by atoms with E-state index in [2.05, 4.69) is 52.2 Å². The molecule has 1 fully saturated rings. The fourth-order valence-electron chi connectivity index (χ4n) is 3.35. The number of methoxy groups -OCH3 is 2. The molecular weight excluding hydrogens is 342 g/mol. The highest BCUT2D eigenvalue weighted by atomic mass is 16.5. The van der Waals surface area contributed by atoms with Gasteiger partial charge in [0.2, 0.25) is 0 Å². The van der Waals surface area contributed by atoms with Gasteiger partial charge < -0.3 is 24.6 Å². The minimum Gasteiger partial charge on any atom is -0.493 e. The largest absolute Gasteiger partial charge is 0.493 e. The normalized spacial score (nSPS) is 19.0. The lowest BCUT2D eigenvalue weighted by atomic mass is 10.1. The third kappa shape index (κ3) is 6.01. The van der Waals surface area contributed by atoms with Gasteiger partial charge in [-0.05, 0) is 38.2 Å². The summed E-state index contributed by atoms with van der Waals surface area (Å²) < 4.78 is 10.7. The van der Waals surface area contributed by atoms with Crippen LogP contribution in [0.15, 0.2) is 23.2 Å². The Morgan fingerprint density at radius 2 is 1.96 bits per heavy atom. The summed E-state index contributed by atoms with van der Waals surface area (Å²) >= 11 is 0. The van der Waals surface area contributed by atoms with Crippen LogP contribution in [0, 0.1) is 0 Å². The van der Waals surface area contributed by atoms with E-state index in [1.54, 1.807) is 14.2 Å². The quantitative estimate of drug-likeness (QED) is 0.565. The van der Waals surface area contributed by atoms with Crippen molar-refractivity contribution >= 4 is 5.96 Å². The molecule has 0 aromatic heterocycles. The molecule has 0 saturated carbocycles. The Morgan fingerprint density at radius 3 is 2.63 bits per heavy atom. The summed E-state index contributed by atoms with van der Waals surface area (Å²) in [5.74, 6) is 2.45. The third-order valence-corrected chi connectivity index (χ3v) is 5.23. The highest BCUT2D eigenvalue weighted by Crippen LogP contribution is 2.27. The molecule has 1 N–H and O–H groups in total. The number of likely N-dealkylation sites (N-methyl/N-ethyl adjacent to an activating group) is 3. The maximum absolute atomic E-state index is 5.39. The smallest absolute Gasteiger partial charge is 0.193 e. The summed E-state index contributed by atoms with van der Waals surface area (Å²) in [5.41, 5.74) is 1.21. The number of ether oxygens (including phenoxy) is 2. The van der Waals surface area contributed by atoms with Gasteiger partial charge in [-0.15, -0.1) is 0 Å². The van der Waals surface area contributed by atoms with Gasteiger partial charge >= 0.3 is 0 Å². The first-order chi connectivity index (χ1) is 13.0. The van der Waals surface area contributed by atoms with E-state index < -0.39 is 0 Å². The van der Waals surface area contributed by atoms with Crippen molar-refractivity contribution in [2.24, 2.45) is 4.99 Å². The molecule has 7 nitrogen and oxygen atoms in total. The second-order valence-corrected chi connectivity index (χ2v) is 7.19. The van der Waals surface area contributed by atoms with Gasteiger partial charge in [-0.2, -0.15) is 0 Å². The lowest BCUT2D eigenvalue weighted by Crippen LogP contribution is -2.55. The molecule has 1 aromatic rings. The van der Waals surface area contributed by atoms with Crippen molar-refractivity contribution in [2.45, 2.75) is 12.5 Å². The van der Waals surface area contributed by atoms with Crippen molar-refractivity contribution in [2.75, 3.05) is 75.1 Å².